The number of methoxy groups -OCH3 is 1. The largest absolute Gasteiger partial charge is 0.497 e. The highest BCUT2D eigenvalue weighted by Gasteiger charge is 2.05. The molecule has 3 rings (SSSR count). The van der Waals surface area contributed by atoms with Crippen molar-refractivity contribution in [1.82, 2.24) is 20.2 Å². The van der Waals surface area contributed by atoms with Gasteiger partial charge in [0.2, 0.25) is 0 Å². The van der Waals surface area contributed by atoms with Crippen molar-refractivity contribution in [3.8, 4) is 17.0 Å². The minimum Gasteiger partial charge on any atom is -0.497 e. The number of ether oxygens (including phenoxy) is 1. The Morgan fingerprint density at radius 3 is 2.83 bits per heavy atom. The smallest absolute Gasteiger partial charge is 0.363 e. The second-order valence-electron chi connectivity index (χ2n) is 4.70. The zero-order chi connectivity index (χ0) is 16.1. The van der Waals surface area contributed by atoms with Crippen LogP contribution in [0.5, 0.6) is 5.75 Å². The maximum atomic E-state index is 11.0. The van der Waals surface area contributed by atoms with Gasteiger partial charge in [0.15, 0.2) is 5.82 Å². The van der Waals surface area contributed by atoms with Crippen molar-refractivity contribution < 1.29 is 4.74 Å². The number of hydrogen-bond acceptors (Lipinski definition) is 7. The monoisotopic (exact) mass is 329 g/mol. The quantitative estimate of drug-likeness (QED) is 0.718. The summed E-state index contributed by atoms with van der Waals surface area (Å²) in [5.74, 6) is 1.29. The van der Waals surface area contributed by atoms with Gasteiger partial charge >= 0.3 is 5.69 Å². The third-order valence-electron chi connectivity index (χ3n) is 3.15. The molecule has 7 nitrogen and oxygen atoms in total. The molecule has 118 valence electrons. The van der Waals surface area contributed by atoms with Crippen molar-refractivity contribution >= 4 is 17.2 Å². The molecular weight excluding hydrogens is 314 g/mol. The highest BCUT2D eigenvalue weighted by atomic mass is 32.1. The molecule has 0 bridgehead atoms. The van der Waals surface area contributed by atoms with E-state index in [0.717, 1.165) is 28.4 Å². The van der Waals surface area contributed by atoms with E-state index in [4.69, 9.17) is 4.74 Å². The van der Waals surface area contributed by atoms with Gasteiger partial charge in [0.1, 0.15) is 5.75 Å². The number of thiazole rings is 1. The van der Waals surface area contributed by atoms with Gasteiger partial charge in [-0.15, -0.1) is 11.3 Å². The van der Waals surface area contributed by atoms with Crippen LogP contribution in [0.4, 0.5) is 5.82 Å². The first kappa shape index (κ1) is 15.2. The molecule has 0 aliphatic rings. The molecule has 2 aromatic heterocycles. The Hall–Kier alpha value is -2.74. The Bertz CT molecular complexity index is 828. The van der Waals surface area contributed by atoms with Crippen molar-refractivity contribution in [3.05, 3.63) is 51.3 Å². The van der Waals surface area contributed by atoms with Gasteiger partial charge < -0.3 is 10.1 Å². The molecule has 3 aromatic rings. The number of nitrogens with zero attached hydrogens (tertiary/aromatic N) is 3. The number of anilines is 1. The molecule has 0 fully saturated rings. The Labute approximate surface area is 136 Å². The Morgan fingerprint density at radius 1 is 1.26 bits per heavy atom. The van der Waals surface area contributed by atoms with E-state index in [2.05, 4.69) is 25.5 Å². The lowest BCUT2D eigenvalue weighted by atomic mass is 10.2. The van der Waals surface area contributed by atoms with Gasteiger partial charge in [-0.2, -0.15) is 10.1 Å². The molecule has 0 amide bonds. The molecule has 0 unspecified atom stereocenters. The standard InChI is InChI=1S/C15H15N5O2S/c1-22-11-4-2-10(3-5-11)12-9-23-14(18-12)6-7-16-13-8-17-20-15(21)19-13/h2-5,8-9H,6-7H2,1H3,(H2,16,19,20,21). The maximum Gasteiger partial charge on any atom is 0.363 e. The number of aromatic nitrogens is 4. The molecule has 0 aliphatic heterocycles. The van der Waals surface area contributed by atoms with E-state index in [1.807, 2.05) is 29.6 Å². The molecule has 0 radical (unpaired) electrons. The lowest BCUT2D eigenvalue weighted by Gasteiger charge is -2.02. The van der Waals surface area contributed by atoms with Gasteiger partial charge in [0.05, 0.1) is 24.0 Å². The summed E-state index contributed by atoms with van der Waals surface area (Å²) in [6.45, 7) is 0.633. The molecule has 0 atom stereocenters. The summed E-state index contributed by atoms with van der Waals surface area (Å²) in [7, 11) is 1.65. The van der Waals surface area contributed by atoms with Gasteiger partial charge in [0, 0.05) is 23.9 Å². The third-order valence-corrected chi connectivity index (χ3v) is 4.06. The number of rotatable bonds is 6. The van der Waals surface area contributed by atoms with Crippen LogP contribution in [0.25, 0.3) is 11.3 Å². The normalized spacial score (nSPS) is 10.5. The number of benzene rings is 1. The van der Waals surface area contributed by atoms with Gasteiger partial charge in [-0.05, 0) is 24.3 Å². The van der Waals surface area contributed by atoms with Crippen LogP contribution in [0.1, 0.15) is 5.01 Å². The van der Waals surface area contributed by atoms with E-state index < -0.39 is 5.69 Å². The average molecular weight is 329 g/mol. The van der Waals surface area contributed by atoms with E-state index in [9.17, 15) is 4.79 Å². The van der Waals surface area contributed by atoms with Crippen LogP contribution >= 0.6 is 11.3 Å². The average Bonchev–Trinajstić information content (AvgIpc) is 3.04. The molecule has 1 aromatic carbocycles. The predicted octanol–water partition coefficient (Wildman–Crippen LogP) is 1.95. The molecule has 0 saturated heterocycles. The second kappa shape index (κ2) is 7.01. The fraction of sp³-hybridized carbons (Fsp3) is 0.200. The van der Waals surface area contributed by atoms with Crippen LogP contribution < -0.4 is 15.7 Å². The first-order chi connectivity index (χ1) is 11.2. The van der Waals surface area contributed by atoms with Crippen LogP contribution in [-0.2, 0) is 6.42 Å². The summed E-state index contributed by atoms with van der Waals surface area (Å²) in [4.78, 5) is 19.4. The molecule has 23 heavy (non-hydrogen) atoms. The van der Waals surface area contributed by atoms with Gasteiger partial charge in [-0.3, -0.25) is 0 Å². The summed E-state index contributed by atoms with van der Waals surface area (Å²) in [5, 5.41) is 12.0. The van der Waals surface area contributed by atoms with E-state index in [0.29, 0.717) is 12.4 Å². The third kappa shape index (κ3) is 3.92. The predicted molar refractivity (Wildman–Crippen MR) is 88.9 cm³/mol. The first-order valence-corrected chi connectivity index (χ1v) is 7.87. The van der Waals surface area contributed by atoms with Gasteiger partial charge in [-0.25, -0.2) is 14.9 Å². The highest BCUT2D eigenvalue weighted by molar-refractivity contribution is 7.09. The summed E-state index contributed by atoms with van der Waals surface area (Å²) in [5.41, 5.74) is 1.54. The minimum atomic E-state index is -0.467. The van der Waals surface area contributed by atoms with Gasteiger partial charge in [0.25, 0.3) is 0 Å². The van der Waals surface area contributed by atoms with Crippen LogP contribution in [0.15, 0.2) is 40.6 Å². The Kier molecular flexibility index (Phi) is 4.62. The second-order valence-corrected chi connectivity index (χ2v) is 5.65. The van der Waals surface area contributed by atoms with Crippen LogP contribution in [0, 0.1) is 0 Å². The summed E-state index contributed by atoms with van der Waals surface area (Å²) < 4.78 is 5.15. The SMILES string of the molecule is COc1ccc(-c2csc(CCNc3cn[nH]c(=O)n3)n2)cc1. The molecule has 2 heterocycles. The summed E-state index contributed by atoms with van der Waals surface area (Å²) in [6.07, 6.45) is 2.22. The minimum absolute atomic E-state index is 0.459. The van der Waals surface area contributed by atoms with Gasteiger partial charge in [-0.1, -0.05) is 0 Å². The molecule has 0 saturated carbocycles. The van der Waals surface area contributed by atoms with Crippen molar-refractivity contribution in [2.24, 2.45) is 0 Å². The Balaban J connectivity index is 1.59. The van der Waals surface area contributed by atoms with Crippen molar-refractivity contribution in [2.75, 3.05) is 19.0 Å². The topological polar surface area (TPSA) is 92.8 Å². The lowest BCUT2D eigenvalue weighted by molar-refractivity contribution is 0.415. The van der Waals surface area contributed by atoms with E-state index in [-0.39, 0.29) is 0 Å². The van der Waals surface area contributed by atoms with Crippen molar-refractivity contribution in [3.63, 3.8) is 0 Å². The van der Waals surface area contributed by atoms with Crippen LogP contribution in [0.2, 0.25) is 0 Å². The molecule has 2 N–H and O–H groups in total. The van der Waals surface area contributed by atoms with Crippen LogP contribution in [-0.4, -0.2) is 33.8 Å². The lowest BCUT2D eigenvalue weighted by Crippen LogP contribution is -2.15. The first-order valence-electron chi connectivity index (χ1n) is 6.99. The number of H-pyrrole nitrogens is 1. The summed E-state index contributed by atoms with van der Waals surface area (Å²) >= 11 is 1.61. The molecule has 0 spiro atoms. The maximum absolute atomic E-state index is 11.0. The fourth-order valence-electron chi connectivity index (χ4n) is 2.01. The van der Waals surface area contributed by atoms with Crippen LogP contribution in [0.3, 0.4) is 0 Å². The van der Waals surface area contributed by atoms with E-state index >= 15 is 0 Å². The van der Waals surface area contributed by atoms with E-state index in [1.165, 1.54) is 6.20 Å². The number of hydrogen-bond donors (Lipinski definition) is 2. The Morgan fingerprint density at radius 2 is 2.09 bits per heavy atom. The summed E-state index contributed by atoms with van der Waals surface area (Å²) in [6, 6.07) is 7.81. The fourth-order valence-corrected chi connectivity index (χ4v) is 2.82. The van der Waals surface area contributed by atoms with E-state index in [1.54, 1.807) is 18.4 Å². The zero-order valence-corrected chi connectivity index (χ0v) is 13.3. The van der Waals surface area contributed by atoms with Crippen molar-refractivity contribution in [2.45, 2.75) is 6.42 Å². The zero-order valence-electron chi connectivity index (χ0n) is 12.4. The number of nitrogens with one attached hydrogen (secondary N) is 2. The molecule has 0 aliphatic carbocycles. The molecular formula is C15H15N5O2S. The molecule has 8 heteroatoms. The van der Waals surface area contributed by atoms with Crippen molar-refractivity contribution in [1.29, 1.82) is 0 Å². The number of aromatic amines is 1. The highest BCUT2D eigenvalue weighted by Crippen LogP contribution is 2.24.